The Balaban J connectivity index is 1.60. The first kappa shape index (κ1) is 31.0. The zero-order valence-electron chi connectivity index (χ0n) is 24.9. The van der Waals surface area contributed by atoms with Crippen LogP contribution in [0.15, 0.2) is 64.2 Å². The van der Waals surface area contributed by atoms with Crippen LogP contribution >= 0.6 is 11.3 Å². The standard InChI is InChI=1S/C31H29F2N7O5S/c1-44-25-13-12-24(35-36-25)40-28(41)26-21(16-38-14-3-4-15-38)27(18-8-10-19(11-9-18)34-30(42)37-45-2)46-29(26)39(31(40)43)17-20-22(32)6-5-7-23(20)33/h5-13H,3-4,14-17H2,1-2H3,(H2,34,37,42). The first-order valence-corrected chi connectivity index (χ1v) is 15.2. The predicted molar refractivity (Wildman–Crippen MR) is 168 cm³/mol. The molecular weight excluding hydrogens is 620 g/mol. The largest absolute Gasteiger partial charge is 0.480 e. The number of hydroxylamine groups is 1. The van der Waals surface area contributed by atoms with E-state index in [0.717, 1.165) is 48.2 Å². The highest BCUT2D eigenvalue weighted by Crippen LogP contribution is 2.39. The van der Waals surface area contributed by atoms with Crippen LogP contribution in [-0.2, 0) is 17.9 Å². The van der Waals surface area contributed by atoms with Gasteiger partial charge in [-0.15, -0.1) is 21.5 Å². The highest BCUT2D eigenvalue weighted by atomic mass is 32.1. The molecule has 4 heterocycles. The molecular formula is C31H29F2N7O5S. The molecule has 0 bridgehead atoms. The summed E-state index contributed by atoms with van der Waals surface area (Å²) >= 11 is 1.19. The fourth-order valence-corrected chi connectivity index (χ4v) is 6.80. The molecule has 2 aromatic carbocycles. The van der Waals surface area contributed by atoms with Crippen molar-refractivity contribution >= 4 is 33.3 Å². The number of thiophene rings is 1. The van der Waals surface area contributed by atoms with Crippen molar-refractivity contribution in [2.75, 3.05) is 32.6 Å². The molecule has 0 radical (unpaired) electrons. The van der Waals surface area contributed by atoms with Gasteiger partial charge in [-0.1, -0.05) is 18.2 Å². The van der Waals surface area contributed by atoms with E-state index in [9.17, 15) is 23.2 Å². The number of methoxy groups -OCH3 is 1. The maximum absolute atomic E-state index is 14.9. The van der Waals surface area contributed by atoms with Crippen LogP contribution in [-0.4, -0.2) is 57.6 Å². The van der Waals surface area contributed by atoms with Gasteiger partial charge in [-0.3, -0.25) is 19.1 Å². The lowest BCUT2D eigenvalue weighted by atomic mass is 10.1. The Labute approximate surface area is 264 Å². The van der Waals surface area contributed by atoms with Crippen molar-refractivity contribution in [3.05, 3.63) is 98.2 Å². The maximum Gasteiger partial charge on any atom is 0.343 e. The zero-order chi connectivity index (χ0) is 32.4. The van der Waals surface area contributed by atoms with Crippen molar-refractivity contribution in [2.24, 2.45) is 0 Å². The minimum atomic E-state index is -0.830. The molecule has 12 nitrogen and oxygen atoms in total. The van der Waals surface area contributed by atoms with Crippen molar-refractivity contribution in [1.29, 1.82) is 0 Å². The fourth-order valence-electron chi connectivity index (χ4n) is 5.50. The smallest absolute Gasteiger partial charge is 0.343 e. The van der Waals surface area contributed by atoms with Gasteiger partial charge in [0.25, 0.3) is 5.56 Å². The number of nitrogens with zero attached hydrogens (tertiary/aromatic N) is 5. The third-order valence-corrected chi connectivity index (χ3v) is 9.00. The molecule has 3 aromatic heterocycles. The topological polar surface area (TPSA) is 133 Å². The predicted octanol–water partition coefficient (Wildman–Crippen LogP) is 4.28. The average molecular weight is 650 g/mol. The van der Waals surface area contributed by atoms with Crippen LogP contribution in [0.1, 0.15) is 24.0 Å². The van der Waals surface area contributed by atoms with Crippen LogP contribution in [0.2, 0.25) is 0 Å². The van der Waals surface area contributed by atoms with E-state index in [4.69, 9.17) is 4.74 Å². The molecule has 1 fully saturated rings. The van der Waals surface area contributed by atoms with Crippen LogP contribution in [0.5, 0.6) is 5.88 Å². The second kappa shape index (κ2) is 13.2. The molecule has 2 amide bonds. The molecule has 0 aliphatic carbocycles. The van der Waals surface area contributed by atoms with Crippen molar-refractivity contribution in [2.45, 2.75) is 25.9 Å². The second-order valence-electron chi connectivity index (χ2n) is 10.6. The molecule has 238 valence electrons. The highest BCUT2D eigenvalue weighted by molar-refractivity contribution is 7.22. The van der Waals surface area contributed by atoms with Crippen molar-refractivity contribution in [3.63, 3.8) is 0 Å². The maximum atomic E-state index is 14.9. The van der Waals surface area contributed by atoms with Crippen LogP contribution < -0.4 is 26.8 Å². The molecule has 0 saturated carbocycles. The SMILES string of the molecule is CONC(=O)Nc1ccc(-c2sc3c(c2CN2CCCC2)c(=O)n(-c2ccc(OC)nn2)c(=O)n3Cc2c(F)cccc2F)cc1. The molecule has 0 atom stereocenters. The van der Waals surface area contributed by atoms with Crippen LogP contribution in [0, 0.1) is 11.6 Å². The van der Waals surface area contributed by atoms with Crippen LogP contribution in [0.4, 0.5) is 19.3 Å². The zero-order valence-corrected chi connectivity index (χ0v) is 25.7. The van der Waals surface area contributed by atoms with E-state index in [1.54, 1.807) is 24.3 Å². The van der Waals surface area contributed by atoms with Gasteiger partial charge in [0.2, 0.25) is 5.88 Å². The van der Waals surface area contributed by atoms with Gasteiger partial charge in [0.05, 0.1) is 26.2 Å². The quantitative estimate of drug-likeness (QED) is 0.226. The van der Waals surface area contributed by atoms with E-state index in [-0.39, 0.29) is 27.5 Å². The number of ether oxygens (including phenoxy) is 1. The Morgan fingerprint density at radius 2 is 1.65 bits per heavy atom. The monoisotopic (exact) mass is 649 g/mol. The van der Waals surface area contributed by atoms with Gasteiger partial charge in [-0.2, -0.15) is 0 Å². The molecule has 6 rings (SSSR count). The van der Waals surface area contributed by atoms with Gasteiger partial charge in [-0.05, 0) is 67.4 Å². The molecule has 1 saturated heterocycles. The Kier molecular flexibility index (Phi) is 8.87. The number of nitrogens with one attached hydrogen (secondary N) is 2. The summed E-state index contributed by atoms with van der Waals surface area (Å²) < 4.78 is 37.1. The number of fused-ring (bicyclic) bond motifs is 1. The van der Waals surface area contributed by atoms with Crippen molar-refractivity contribution in [1.82, 2.24) is 29.7 Å². The summed E-state index contributed by atoms with van der Waals surface area (Å²) in [5.74, 6) is -1.53. The third kappa shape index (κ3) is 5.99. The van der Waals surface area contributed by atoms with E-state index in [1.807, 2.05) is 0 Å². The lowest BCUT2D eigenvalue weighted by Crippen LogP contribution is -2.40. The minimum absolute atomic E-state index is 0.0647. The Morgan fingerprint density at radius 3 is 2.28 bits per heavy atom. The summed E-state index contributed by atoms with van der Waals surface area (Å²) in [5, 5.41) is 10.9. The molecule has 46 heavy (non-hydrogen) atoms. The lowest BCUT2D eigenvalue weighted by molar-refractivity contribution is 0.114. The number of benzene rings is 2. The molecule has 1 aliphatic heterocycles. The van der Waals surface area contributed by atoms with Gasteiger partial charge >= 0.3 is 11.7 Å². The number of urea groups is 1. The number of carbonyl (C=O) groups is 1. The summed E-state index contributed by atoms with van der Waals surface area (Å²) in [6.45, 7) is 1.58. The number of rotatable bonds is 9. The first-order valence-electron chi connectivity index (χ1n) is 14.3. The van der Waals surface area contributed by atoms with E-state index >= 15 is 0 Å². The molecule has 2 N–H and O–H groups in total. The Hall–Kier alpha value is -4.99. The Morgan fingerprint density at radius 1 is 0.935 bits per heavy atom. The van der Waals surface area contributed by atoms with Crippen LogP contribution in [0.3, 0.4) is 0 Å². The Bertz CT molecular complexity index is 2000. The highest BCUT2D eigenvalue weighted by Gasteiger charge is 2.27. The van der Waals surface area contributed by atoms with E-state index in [0.29, 0.717) is 22.7 Å². The van der Waals surface area contributed by atoms with Gasteiger partial charge < -0.3 is 10.1 Å². The molecule has 15 heteroatoms. The third-order valence-electron chi connectivity index (χ3n) is 7.70. The summed E-state index contributed by atoms with van der Waals surface area (Å²) in [7, 11) is 2.73. The number of likely N-dealkylation sites (tertiary alicyclic amines) is 1. The van der Waals surface area contributed by atoms with E-state index in [1.165, 1.54) is 48.3 Å². The summed E-state index contributed by atoms with van der Waals surface area (Å²) in [6, 6.07) is 12.8. The summed E-state index contributed by atoms with van der Waals surface area (Å²) in [5.41, 5.74) is 2.29. The van der Waals surface area contributed by atoms with Gasteiger partial charge in [0.15, 0.2) is 5.82 Å². The van der Waals surface area contributed by atoms with Gasteiger partial charge in [0, 0.05) is 28.7 Å². The first-order chi connectivity index (χ1) is 22.3. The van der Waals surface area contributed by atoms with Gasteiger partial charge in [0.1, 0.15) is 16.5 Å². The van der Waals surface area contributed by atoms with Crippen LogP contribution in [0.25, 0.3) is 26.5 Å². The van der Waals surface area contributed by atoms with E-state index in [2.05, 4.69) is 30.7 Å². The number of halogens is 2. The van der Waals surface area contributed by atoms with Crippen molar-refractivity contribution in [3.8, 4) is 22.1 Å². The minimum Gasteiger partial charge on any atom is -0.480 e. The number of hydrogen-bond acceptors (Lipinski definition) is 9. The fraction of sp³-hybridized carbons (Fsp3) is 0.258. The number of anilines is 1. The van der Waals surface area contributed by atoms with E-state index < -0.39 is 35.5 Å². The average Bonchev–Trinajstić information content (AvgIpc) is 3.70. The number of aromatic nitrogens is 4. The second-order valence-corrected chi connectivity index (χ2v) is 11.6. The molecule has 0 spiro atoms. The molecule has 0 unspecified atom stereocenters. The lowest BCUT2D eigenvalue weighted by Gasteiger charge is -2.16. The molecule has 5 aromatic rings. The summed E-state index contributed by atoms with van der Waals surface area (Å²) in [6.07, 6.45) is 2.01. The number of amides is 2. The van der Waals surface area contributed by atoms with Crippen molar-refractivity contribution < 1.29 is 23.1 Å². The normalized spacial score (nSPS) is 13.3. The summed E-state index contributed by atoms with van der Waals surface area (Å²) in [4.78, 5) is 48.2. The number of hydrogen-bond donors (Lipinski definition) is 2. The molecule has 1 aliphatic rings. The van der Waals surface area contributed by atoms with Gasteiger partial charge in [-0.25, -0.2) is 28.4 Å². The number of carbonyl (C=O) groups excluding carboxylic acids is 1.